The van der Waals surface area contributed by atoms with Gasteiger partial charge in [-0.3, -0.25) is 4.57 Å². The molecule has 0 unspecified atom stereocenters. The highest BCUT2D eigenvalue weighted by Gasteiger charge is 2.57. The average molecular weight is 507 g/mol. The van der Waals surface area contributed by atoms with Crippen LogP contribution in [0, 0.1) is 17.6 Å². The normalized spacial score (nSPS) is 22.0. The summed E-state index contributed by atoms with van der Waals surface area (Å²) < 4.78 is 79.1. The summed E-state index contributed by atoms with van der Waals surface area (Å²) in [5.74, 6) is -3.39. The van der Waals surface area contributed by atoms with Gasteiger partial charge in [-0.05, 0) is 42.9 Å². The van der Waals surface area contributed by atoms with Crippen LogP contribution in [0.15, 0.2) is 35.4 Å². The van der Waals surface area contributed by atoms with E-state index >= 15 is 0 Å². The van der Waals surface area contributed by atoms with Gasteiger partial charge in [0.05, 0.1) is 12.4 Å². The number of halogens is 5. The molecule has 0 N–H and O–H groups in total. The van der Waals surface area contributed by atoms with Crippen molar-refractivity contribution < 1.29 is 31.4 Å². The van der Waals surface area contributed by atoms with Gasteiger partial charge in [0.1, 0.15) is 12.4 Å². The first-order chi connectivity index (χ1) is 17.1. The predicted molar refractivity (Wildman–Crippen MR) is 114 cm³/mol. The standard InChI is InChI=1S/C23H18F5N5O3/c24-15-3-12(4-16(25)19(15)36-14-8-29-20(30-9-14)23(26,27)28)11-35-17-5-18-32(21(34)31-17)2-1-22-6-13(7-22)10-33(18)22/h3-5,8-9,13H,1-2,6-7,10-11H2. The monoisotopic (exact) mass is 507 g/mol. The molecule has 1 spiro atoms. The fraction of sp³-hybridized carbons (Fsp3) is 0.391. The molecule has 2 aromatic heterocycles. The number of fused-ring (bicyclic) bond motifs is 1. The molecule has 36 heavy (non-hydrogen) atoms. The number of aromatic nitrogens is 4. The molecule has 13 heteroatoms. The van der Waals surface area contributed by atoms with E-state index in [1.165, 1.54) is 0 Å². The summed E-state index contributed by atoms with van der Waals surface area (Å²) >= 11 is 0. The van der Waals surface area contributed by atoms with Crippen LogP contribution < -0.4 is 20.1 Å². The first-order valence-corrected chi connectivity index (χ1v) is 11.2. The number of ether oxygens (including phenoxy) is 2. The Morgan fingerprint density at radius 3 is 2.44 bits per heavy atom. The van der Waals surface area contributed by atoms with E-state index in [-0.39, 0.29) is 29.3 Å². The van der Waals surface area contributed by atoms with Crippen LogP contribution in [-0.4, -0.2) is 31.6 Å². The van der Waals surface area contributed by atoms with Crippen LogP contribution in [0.1, 0.15) is 30.7 Å². The number of hydrogen-bond acceptors (Lipinski definition) is 7. The SMILES string of the molecule is O=c1nc(OCc2cc(F)c(Oc3cnc(C(F)(F)F)nc3)c(F)c2)cc2n1CCC13CC(CN21)C3. The molecule has 4 aliphatic rings. The average Bonchev–Trinajstić information content (AvgIpc) is 3.37. The second-order valence-electron chi connectivity index (χ2n) is 9.27. The Labute approximate surface area is 200 Å². The number of rotatable bonds is 5. The second kappa shape index (κ2) is 7.87. The summed E-state index contributed by atoms with van der Waals surface area (Å²) in [6.45, 7) is 1.19. The van der Waals surface area contributed by atoms with E-state index in [2.05, 4.69) is 19.9 Å². The Morgan fingerprint density at radius 1 is 1.08 bits per heavy atom. The van der Waals surface area contributed by atoms with Gasteiger partial charge in [-0.25, -0.2) is 23.5 Å². The third-order valence-electron chi connectivity index (χ3n) is 6.94. The van der Waals surface area contributed by atoms with Crippen molar-refractivity contribution in [1.82, 2.24) is 19.5 Å². The van der Waals surface area contributed by atoms with Gasteiger partial charge < -0.3 is 14.4 Å². The van der Waals surface area contributed by atoms with Crippen molar-refractivity contribution in [3.05, 3.63) is 64.1 Å². The lowest BCUT2D eigenvalue weighted by Crippen LogP contribution is -2.52. The quantitative estimate of drug-likeness (QED) is 0.482. The zero-order chi connectivity index (χ0) is 25.2. The molecule has 8 nitrogen and oxygen atoms in total. The summed E-state index contributed by atoms with van der Waals surface area (Å²) in [6.07, 6.45) is -0.285. The van der Waals surface area contributed by atoms with Crippen molar-refractivity contribution in [2.24, 2.45) is 5.92 Å². The molecular weight excluding hydrogens is 489 g/mol. The predicted octanol–water partition coefficient (Wildman–Crippen LogP) is 4.07. The van der Waals surface area contributed by atoms with E-state index in [0.29, 0.717) is 24.9 Å². The maximum absolute atomic E-state index is 14.6. The van der Waals surface area contributed by atoms with Crippen molar-refractivity contribution in [2.45, 2.75) is 44.1 Å². The molecule has 3 aliphatic heterocycles. The number of benzene rings is 1. The summed E-state index contributed by atoms with van der Waals surface area (Å²) in [7, 11) is 0. The van der Waals surface area contributed by atoms with E-state index in [4.69, 9.17) is 9.47 Å². The van der Waals surface area contributed by atoms with Gasteiger partial charge in [-0.15, -0.1) is 0 Å². The third kappa shape index (κ3) is 3.73. The van der Waals surface area contributed by atoms with E-state index in [1.807, 2.05) is 0 Å². The zero-order valence-electron chi connectivity index (χ0n) is 18.6. The Hall–Kier alpha value is -3.77. The Balaban J connectivity index is 1.18. The van der Waals surface area contributed by atoms with Crippen LogP contribution in [0.4, 0.5) is 27.8 Å². The van der Waals surface area contributed by atoms with Gasteiger partial charge in [-0.2, -0.15) is 18.2 Å². The molecule has 7 rings (SSSR count). The minimum atomic E-state index is -4.76. The molecule has 2 bridgehead atoms. The van der Waals surface area contributed by atoms with Crippen LogP contribution in [-0.2, 0) is 19.3 Å². The summed E-state index contributed by atoms with van der Waals surface area (Å²) in [4.78, 5) is 24.9. The molecule has 0 radical (unpaired) electrons. The molecule has 0 amide bonds. The first-order valence-electron chi connectivity index (χ1n) is 11.2. The van der Waals surface area contributed by atoms with Crippen molar-refractivity contribution in [3.63, 3.8) is 0 Å². The van der Waals surface area contributed by atoms with Crippen LogP contribution in [0.3, 0.4) is 0 Å². The minimum absolute atomic E-state index is 0.0513. The Bertz CT molecular complexity index is 1380. The lowest BCUT2D eigenvalue weighted by molar-refractivity contribution is -0.145. The number of anilines is 1. The van der Waals surface area contributed by atoms with Crippen LogP contribution in [0.5, 0.6) is 17.4 Å². The Kier molecular flexibility index (Phi) is 4.96. The molecule has 1 aromatic carbocycles. The molecule has 188 valence electrons. The molecule has 1 saturated carbocycles. The van der Waals surface area contributed by atoms with Crippen molar-refractivity contribution >= 4 is 5.82 Å². The maximum Gasteiger partial charge on any atom is 0.451 e. The van der Waals surface area contributed by atoms with Crippen molar-refractivity contribution in [2.75, 3.05) is 11.4 Å². The summed E-state index contributed by atoms with van der Waals surface area (Å²) in [5.41, 5.74) is -0.238. The van der Waals surface area contributed by atoms with Crippen molar-refractivity contribution in [3.8, 4) is 17.4 Å². The van der Waals surface area contributed by atoms with E-state index in [1.54, 1.807) is 10.6 Å². The van der Waals surface area contributed by atoms with Gasteiger partial charge in [0.15, 0.2) is 23.1 Å². The second-order valence-corrected chi connectivity index (χ2v) is 9.27. The molecule has 3 fully saturated rings. The van der Waals surface area contributed by atoms with Gasteiger partial charge in [0, 0.05) is 24.7 Å². The minimum Gasteiger partial charge on any atom is -0.473 e. The third-order valence-corrected chi connectivity index (χ3v) is 6.94. The molecule has 0 atom stereocenters. The fourth-order valence-corrected chi connectivity index (χ4v) is 5.38. The summed E-state index contributed by atoms with van der Waals surface area (Å²) in [5, 5.41) is 0. The van der Waals surface area contributed by atoms with Crippen LogP contribution in [0.2, 0.25) is 0 Å². The lowest BCUT2D eigenvalue weighted by atomic mass is 9.71. The van der Waals surface area contributed by atoms with E-state index < -0.39 is 35.1 Å². The van der Waals surface area contributed by atoms with Crippen molar-refractivity contribution in [1.29, 1.82) is 0 Å². The number of hydrogen-bond donors (Lipinski definition) is 0. The Morgan fingerprint density at radius 2 is 1.78 bits per heavy atom. The highest BCUT2D eigenvalue weighted by atomic mass is 19.4. The van der Waals surface area contributed by atoms with Crippen LogP contribution >= 0.6 is 0 Å². The number of nitrogens with zero attached hydrogens (tertiary/aromatic N) is 5. The topological polar surface area (TPSA) is 82.4 Å². The highest BCUT2D eigenvalue weighted by Crippen LogP contribution is 2.56. The largest absolute Gasteiger partial charge is 0.473 e. The fourth-order valence-electron chi connectivity index (χ4n) is 5.38. The lowest BCUT2D eigenvalue weighted by Gasteiger charge is -2.46. The first kappa shape index (κ1) is 22.7. The summed E-state index contributed by atoms with van der Waals surface area (Å²) in [6, 6.07) is 3.59. The zero-order valence-corrected chi connectivity index (χ0v) is 18.6. The van der Waals surface area contributed by atoms with E-state index in [9.17, 15) is 26.7 Å². The molecule has 1 aliphatic carbocycles. The van der Waals surface area contributed by atoms with Gasteiger partial charge in [-0.1, -0.05) is 0 Å². The van der Waals surface area contributed by atoms with Gasteiger partial charge >= 0.3 is 11.9 Å². The van der Waals surface area contributed by atoms with Crippen LogP contribution in [0.25, 0.3) is 0 Å². The van der Waals surface area contributed by atoms with E-state index in [0.717, 1.165) is 43.8 Å². The van der Waals surface area contributed by atoms with Gasteiger partial charge in [0.25, 0.3) is 0 Å². The highest BCUT2D eigenvalue weighted by molar-refractivity contribution is 5.52. The smallest absolute Gasteiger partial charge is 0.451 e. The molecule has 2 saturated heterocycles. The maximum atomic E-state index is 14.6. The molecule has 5 heterocycles. The molecule has 3 aromatic rings. The number of alkyl halides is 3. The van der Waals surface area contributed by atoms with Gasteiger partial charge in [0.2, 0.25) is 11.7 Å². The molecular formula is C23H18F5N5O3.